The monoisotopic (exact) mass is 1490 g/mol. The van der Waals surface area contributed by atoms with Crippen LogP contribution in [0.25, 0.3) is 0 Å². The number of aliphatic hydroxyl groups is 1. The molecule has 0 aliphatic carbocycles. The van der Waals surface area contributed by atoms with Crippen LogP contribution in [0.5, 0.6) is 0 Å². The lowest BCUT2D eigenvalue weighted by Gasteiger charge is -2.21. The molecule has 17 nitrogen and oxygen atoms in total. The Bertz CT molecular complexity index is 1950. The number of phosphoric ester groups is 2. The molecular weight excluding hydrogens is 1330 g/mol. The number of hydrogen-bond acceptors (Lipinski definition) is 15. The van der Waals surface area contributed by atoms with E-state index in [1.807, 2.05) is 0 Å². The summed E-state index contributed by atoms with van der Waals surface area (Å²) >= 11 is 0. The zero-order valence-electron chi connectivity index (χ0n) is 66.8. The third-order valence-electron chi connectivity index (χ3n) is 19.9. The Kier molecular flexibility index (Phi) is 74.4. The first-order chi connectivity index (χ1) is 49.6. The predicted molar refractivity (Wildman–Crippen MR) is 418 cm³/mol. The highest BCUT2D eigenvalue weighted by Gasteiger charge is 2.30. The lowest BCUT2D eigenvalue weighted by atomic mass is 9.99. The highest BCUT2D eigenvalue weighted by Crippen LogP contribution is 2.45. The van der Waals surface area contributed by atoms with Gasteiger partial charge in [-0.3, -0.25) is 37.3 Å². The number of ether oxygens (including phenoxy) is 4. The van der Waals surface area contributed by atoms with Crippen LogP contribution in [0.15, 0.2) is 0 Å². The fraction of sp³-hybridized carbons (Fsp3) is 0.952. The molecule has 0 bridgehead atoms. The average Bonchev–Trinajstić information content (AvgIpc) is 0.944. The maximum Gasteiger partial charge on any atom is 0.472 e. The van der Waals surface area contributed by atoms with Crippen molar-refractivity contribution in [2.45, 2.75) is 464 Å². The van der Waals surface area contributed by atoms with Crippen LogP contribution in [0.1, 0.15) is 446 Å². The van der Waals surface area contributed by atoms with Gasteiger partial charge in [0.05, 0.1) is 26.4 Å². The van der Waals surface area contributed by atoms with Gasteiger partial charge in [-0.2, -0.15) is 0 Å². The quantitative estimate of drug-likeness (QED) is 0.0222. The molecule has 0 aromatic rings. The van der Waals surface area contributed by atoms with Crippen molar-refractivity contribution in [2.75, 3.05) is 39.6 Å². The molecule has 0 saturated heterocycles. The van der Waals surface area contributed by atoms with Gasteiger partial charge in [-0.15, -0.1) is 0 Å². The second kappa shape index (κ2) is 75.9. The molecule has 0 saturated carbocycles. The molecule has 3 unspecified atom stereocenters. The number of carbonyl (C=O) groups excluding carboxylic acids is 4. The molecule has 0 rings (SSSR count). The van der Waals surface area contributed by atoms with Crippen LogP contribution in [0.4, 0.5) is 0 Å². The summed E-state index contributed by atoms with van der Waals surface area (Å²) in [6, 6.07) is 0. The molecule has 0 amide bonds. The second-order valence-corrected chi connectivity index (χ2v) is 33.0. The minimum absolute atomic E-state index is 0.109. The largest absolute Gasteiger partial charge is 0.472 e. The normalized spacial score (nSPS) is 14.1. The van der Waals surface area contributed by atoms with Crippen molar-refractivity contribution in [1.29, 1.82) is 0 Å². The summed E-state index contributed by atoms with van der Waals surface area (Å²) in [6.07, 6.45) is 67.7. The van der Waals surface area contributed by atoms with E-state index >= 15 is 0 Å². The smallest absolute Gasteiger partial charge is 0.462 e. The van der Waals surface area contributed by atoms with Crippen LogP contribution in [0.3, 0.4) is 0 Å². The Labute approximate surface area is 626 Å². The fourth-order valence-corrected chi connectivity index (χ4v) is 14.5. The summed E-state index contributed by atoms with van der Waals surface area (Å²) in [4.78, 5) is 73.2. The van der Waals surface area contributed by atoms with Gasteiger partial charge < -0.3 is 33.8 Å². The van der Waals surface area contributed by atoms with Gasteiger partial charge >= 0.3 is 39.5 Å². The summed E-state index contributed by atoms with van der Waals surface area (Å²) in [5.74, 6) is -1.25. The summed E-state index contributed by atoms with van der Waals surface area (Å²) < 4.78 is 68.8. The Morgan fingerprint density at radius 2 is 0.471 bits per heavy atom. The third-order valence-corrected chi connectivity index (χ3v) is 21.8. The minimum atomic E-state index is -4.96. The predicted octanol–water partition coefficient (Wildman–Crippen LogP) is 25.2. The van der Waals surface area contributed by atoms with Gasteiger partial charge in [-0.1, -0.05) is 394 Å². The zero-order valence-corrected chi connectivity index (χ0v) is 68.5. The first-order valence-electron chi connectivity index (χ1n) is 43.2. The Hall–Kier alpha value is -1.94. The first-order valence-corrected chi connectivity index (χ1v) is 46.2. The van der Waals surface area contributed by atoms with Gasteiger partial charge in [0.1, 0.15) is 19.3 Å². The van der Waals surface area contributed by atoms with E-state index in [0.717, 1.165) is 95.8 Å². The van der Waals surface area contributed by atoms with Crippen molar-refractivity contribution in [3.8, 4) is 0 Å². The van der Waals surface area contributed by atoms with Gasteiger partial charge in [-0.05, 0) is 31.6 Å². The van der Waals surface area contributed by atoms with Crippen LogP contribution >= 0.6 is 15.6 Å². The van der Waals surface area contributed by atoms with Crippen LogP contribution in [-0.2, 0) is 65.4 Å². The molecule has 6 atom stereocenters. The van der Waals surface area contributed by atoms with Crippen molar-refractivity contribution < 1.29 is 80.2 Å². The third kappa shape index (κ3) is 74.9. The second-order valence-electron chi connectivity index (χ2n) is 30.1. The molecule has 0 aliphatic heterocycles. The van der Waals surface area contributed by atoms with Crippen LogP contribution < -0.4 is 0 Å². The topological polar surface area (TPSA) is 237 Å². The maximum atomic E-state index is 13.1. The average molecular weight is 1490 g/mol. The van der Waals surface area contributed by atoms with E-state index in [1.54, 1.807) is 0 Å². The Balaban J connectivity index is 5.26. The molecule has 606 valence electrons. The lowest BCUT2D eigenvalue weighted by Crippen LogP contribution is -2.30. The molecule has 19 heteroatoms. The standard InChI is InChI=1S/C83H162O17P2/c1-6-10-13-16-19-22-25-28-30-31-32-38-42-47-52-57-62-67-81(86)94-73-79(100-83(88)69-64-59-54-49-44-39-34-33-36-40-45-50-55-60-65-76(5)9-4)75-98-102(91,92)96-71-77(84)70-95-101(89,90)97-74-78(72-93-80(85)66-61-56-51-46-41-35-27-24-21-18-15-12-8-3)99-82(87)68-63-58-53-48-43-37-29-26-23-20-17-14-11-7-2/h76-79,84H,6-75H2,1-5H3,(H,89,90)(H,91,92)/t76?,77-,78+,79+/m0/s1. The molecule has 0 aromatic carbocycles. The molecule has 0 fully saturated rings. The summed E-state index contributed by atoms with van der Waals surface area (Å²) in [5, 5.41) is 10.7. The molecule has 0 radical (unpaired) electrons. The molecule has 0 spiro atoms. The fourth-order valence-electron chi connectivity index (χ4n) is 12.9. The molecule has 3 N–H and O–H groups in total. The number of carbonyl (C=O) groups is 4. The maximum absolute atomic E-state index is 13.1. The number of phosphoric acid groups is 2. The SMILES string of the molecule is CCCCCCCCCCCCCCCCCCCC(=O)OC[C@H](COP(=O)(O)OC[C@@H](O)COP(=O)(O)OC[C@@H](COC(=O)CCCCCCCCCCCCCCC)OC(=O)CCCCCCCCCCCCCCCC)OC(=O)CCCCCCCCCCCCCCCCC(C)CC. The van der Waals surface area contributed by atoms with E-state index in [1.165, 1.54) is 270 Å². The van der Waals surface area contributed by atoms with E-state index in [0.29, 0.717) is 25.7 Å². The number of rotatable bonds is 83. The minimum Gasteiger partial charge on any atom is -0.462 e. The van der Waals surface area contributed by atoms with E-state index in [4.69, 9.17) is 37.0 Å². The van der Waals surface area contributed by atoms with Gasteiger partial charge in [0.2, 0.25) is 0 Å². The molecular formula is C83H162O17P2. The van der Waals surface area contributed by atoms with Gasteiger partial charge in [0, 0.05) is 25.7 Å². The van der Waals surface area contributed by atoms with Crippen molar-refractivity contribution in [1.82, 2.24) is 0 Å². The van der Waals surface area contributed by atoms with Crippen LogP contribution in [-0.4, -0.2) is 96.7 Å². The molecule has 0 aromatic heterocycles. The molecule has 0 aliphatic rings. The highest BCUT2D eigenvalue weighted by atomic mass is 31.2. The highest BCUT2D eigenvalue weighted by molar-refractivity contribution is 7.47. The van der Waals surface area contributed by atoms with E-state index in [-0.39, 0.29) is 25.7 Å². The summed E-state index contributed by atoms with van der Waals surface area (Å²) in [6.45, 7) is 7.41. The Morgan fingerprint density at radius 1 is 0.275 bits per heavy atom. The number of esters is 4. The van der Waals surface area contributed by atoms with Crippen molar-refractivity contribution in [2.24, 2.45) is 5.92 Å². The van der Waals surface area contributed by atoms with Crippen molar-refractivity contribution in [3.63, 3.8) is 0 Å². The number of hydrogen-bond donors (Lipinski definition) is 3. The van der Waals surface area contributed by atoms with Gasteiger partial charge in [0.15, 0.2) is 12.2 Å². The first kappa shape index (κ1) is 100. The van der Waals surface area contributed by atoms with Gasteiger partial charge in [-0.25, -0.2) is 9.13 Å². The number of unbranched alkanes of at least 4 members (excludes halogenated alkanes) is 54. The Morgan fingerprint density at radius 3 is 0.696 bits per heavy atom. The van der Waals surface area contributed by atoms with E-state index in [2.05, 4.69) is 34.6 Å². The summed E-state index contributed by atoms with van der Waals surface area (Å²) in [7, 11) is -9.92. The molecule has 102 heavy (non-hydrogen) atoms. The lowest BCUT2D eigenvalue weighted by molar-refractivity contribution is -0.161. The van der Waals surface area contributed by atoms with Gasteiger partial charge in [0.25, 0.3) is 0 Å². The van der Waals surface area contributed by atoms with E-state index < -0.39 is 97.5 Å². The van der Waals surface area contributed by atoms with E-state index in [9.17, 15) is 43.2 Å². The van der Waals surface area contributed by atoms with Crippen molar-refractivity contribution >= 4 is 39.5 Å². The van der Waals surface area contributed by atoms with Crippen LogP contribution in [0, 0.1) is 5.92 Å². The summed E-state index contributed by atoms with van der Waals surface area (Å²) in [5.41, 5.74) is 0. The zero-order chi connectivity index (χ0) is 74.8. The molecule has 0 heterocycles. The number of aliphatic hydroxyl groups excluding tert-OH is 1. The van der Waals surface area contributed by atoms with Crippen molar-refractivity contribution in [3.05, 3.63) is 0 Å². The van der Waals surface area contributed by atoms with Crippen LogP contribution in [0.2, 0.25) is 0 Å².